The van der Waals surface area contributed by atoms with E-state index in [1.165, 1.54) is 0 Å². The molecule has 1 rings (SSSR count). The van der Waals surface area contributed by atoms with Gasteiger partial charge < -0.3 is 5.32 Å². The summed E-state index contributed by atoms with van der Waals surface area (Å²) in [4.78, 5) is 12.8. The summed E-state index contributed by atoms with van der Waals surface area (Å²) >= 11 is 0. The van der Waals surface area contributed by atoms with Crippen molar-refractivity contribution in [3.63, 3.8) is 0 Å². The predicted octanol–water partition coefficient (Wildman–Crippen LogP) is 2.80. The third kappa shape index (κ3) is 4.02. The monoisotopic (exact) mass is 208 g/mol. The molecule has 0 bridgehead atoms. The fourth-order valence-electron chi connectivity index (χ4n) is 1.12. The number of carbonyl (C=O) groups is 1. The summed E-state index contributed by atoms with van der Waals surface area (Å²) in [6.07, 6.45) is 0. The Morgan fingerprint density at radius 2 is 1.93 bits per heavy atom. The molecule has 84 valence electrons. The summed E-state index contributed by atoms with van der Waals surface area (Å²) in [5.74, 6) is 0. The lowest BCUT2D eigenvalue weighted by Gasteiger charge is -2.16. The largest absolute Gasteiger partial charge is 0.341 e. The summed E-state index contributed by atoms with van der Waals surface area (Å²) in [6.45, 7) is 6.00. The van der Waals surface area contributed by atoms with Crippen LogP contribution < -0.4 is 10.2 Å². The highest BCUT2D eigenvalue weighted by Crippen LogP contribution is 2.13. The Kier molecular flexibility index (Phi) is 6.18. The average Bonchev–Trinajstić information content (AvgIpc) is 2.29. The minimum Gasteiger partial charge on any atom is -0.341 e. The first kappa shape index (κ1) is 13.5. The Morgan fingerprint density at radius 3 is 2.40 bits per heavy atom. The van der Waals surface area contributed by atoms with E-state index in [1.807, 2.05) is 45.0 Å². The molecule has 1 N–H and O–H groups in total. The minimum absolute atomic E-state index is 0.106. The van der Waals surface area contributed by atoms with Gasteiger partial charge in [-0.3, -0.25) is 4.90 Å². The lowest BCUT2D eigenvalue weighted by atomic mass is 10.2. The molecule has 0 spiro atoms. The number of benzene rings is 1. The van der Waals surface area contributed by atoms with Gasteiger partial charge in [-0.1, -0.05) is 26.0 Å². The zero-order valence-electron chi connectivity index (χ0n) is 10.2. The van der Waals surface area contributed by atoms with E-state index in [0.29, 0.717) is 0 Å². The quantitative estimate of drug-likeness (QED) is 0.756. The molecule has 0 fully saturated rings. The third-order valence-corrected chi connectivity index (χ3v) is 1.91. The molecule has 1 aromatic rings. The van der Waals surface area contributed by atoms with Crippen molar-refractivity contribution in [2.75, 3.05) is 19.0 Å². The maximum absolute atomic E-state index is 11.2. The molecule has 0 saturated carbocycles. The molecule has 0 aromatic heterocycles. The Hall–Kier alpha value is -1.51. The first-order chi connectivity index (χ1) is 7.15. The van der Waals surface area contributed by atoms with E-state index in [2.05, 4.69) is 5.32 Å². The number of hydrogen-bond acceptors (Lipinski definition) is 1. The van der Waals surface area contributed by atoms with Crippen molar-refractivity contribution in [1.29, 1.82) is 0 Å². The van der Waals surface area contributed by atoms with Gasteiger partial charge in [0, 0.05) is 19.8 Å². The summed E-state index contributed by atoms with van der Waals surface area (Å²) < 4.78 is 0. The van der Waals surface area contributed by atoms with Gasteiger partial charge in [0.05, 0.1) is 0 Å². The molecule has 0 aliphatic rings. The number of anilines is 1. The van der Waals surface area contributed by atoms with Crippen molar-refractivity contribution in [3.8, 4) is 0 Å². The van der Waals surface area contributed by atoms with Gasteiger partial charge in [0.15, 0.2) is 0 Å². The molecule has 0 aliphatic heterocycles. The van der Waals surface area contributed by atoms with E-state index >= 15 is 0 Å². The van der Waals surface area contributed by atoms with Crippen LogP contribution in [0.2, 0.25) is 0 Å². The van der Waals surface area contributed by atoms with Crippen LogP contribution in [0.5, 0.6) is 0 Å². The topological polar surface area (TPSA) is 32.3 Å². The van der Waals surface area contributed by atoms with Crippen LogP contribution >= 0.6 is 0 Å². The second kappa shape index (κ2) is 6.87. The van der Waals surface area contributed by atoms with Gasteiger partial charge in [0.25, 0.3) is 0 Å². The van der Waals surface area contributed by atoms with E-state index < -0.39 is 0 Å². The van der Waals surface area contributed by atoms with Crippen LogP contribution in [0, 0.1) is 6.92 Å². The molecule has 3 nitrogen and oxygen atoms in total. The molecule has 0 unspecified atom stereocenters. The maximum atomic E-state index is 11.2. The summed E-state index contributed by atoms with van der Waals surface area (Å²) in [7, 11) is 3.36. The van der Waals surface area contributed by atoms with E-state index in [1.54, 1.807) is 19.0 Å². The Labute approximate surface area is 92.1 Å². The Bertz CT molecular complexity index is 310. The number of nitrogens with one attached hydrogen (secondary N) is 1. The molecule has 3 heteroatoms. The van der Waals surface area contributed by atoms with Crippen LogP contribution in [0.1, 0.15) is 19.4 Å². The van der Waals surface area contributed by atoms with E-state index in [-0.39, 0.29) is 6.03 Å². The van der Waals surface area contributed by atoms with E-state index in [4.69, 9.17) is 0 Å². The molecule has 15 heavy (non-hydrogen) atoms. The minimum atomic E-state index is -0.106. The van der Waals surface area contributed by atoms with E-state index in [0.717, 1.165) is 11.3 Å². The van der Waals surface area contributed by atoms with E-state index in [9.17, 15) is 4.79 Å². The number of nitrogens with zero attached hydrogens (tertiary/aromatic N) is 1. The van der Waals surface area contributed by atoms with Crippen LogP contribution in [0.25, 0.3) is 0 Å². The Morgan fingerprint density at radius 1 is 1.33 bits per heavy atom. The van der Waals surface area contributed by atoms with Gasteiger partial charge in [-0.2, -0.15) is 0 Å². The van der Waals surface area contributed by atoms with Crippen molar-refractivity contribution in [2.24, 2.45) is 0 Å². The number of carbonyl (C=O) groups excluding carboxylic acids is 1. The van der Waals surface area contributed by atoms with Gasteiger partial charge in [-0.25, -0.2) is 4.79 Å². The summed E-state index contributed by atoms with van der Waals surface area (Å²) in [6, 6.07) is 7.70. The highest BCUT2D eigenvalue weighted by atomic mass is 16.2. The summed E-state index contributed by atoms with van der Waals surface area (Å²) in [5, 5.41) is 2.57. The van der Waals surface area contributed by atoms with Crippen LogP contribution in [-0.2, 0) is 0 Å². The molecule has 1 aromatic carbocycles. The van der Waals surface area contributed by atoms with Crippen molar-refractivity contribution < 1.29 is 4.79 Å². The van der Waals surface area contributed by atoms with Crippen LogP contribution in [0.3, 0.4) is 0 Å². The first-order valence-corrected chi connectivity index (χ1v) is 5.17. The zero-order chi connectivity index (χ0) is 11.8. The molecule has 0 radical (unpaired) electrons. The lowest BCUT2D eigenvalue weighted by molar-refractivity contribution is 0.249. The van der Waals surface area contributed by atoms with Gasteiger partial charge >= 0.3 is 6.03 Å². The van der Waals surface area contributed by atoms with Crippen LogP contribution in [0.15, 0.2) is 24.3 Å². The highest BCUT2D eigenvalue weighted by molar-refractivity contribution is 5.91. The van der Waals surface area contributed by atoms with Crippen molar-refractivity contribution >= 4 is 11.7 Å². The second-order valence-electron chi connectivity index (χ2n) is 2.95. The van der Waals surface area contributed by atoms with Gasteiger partial charge in [-0.15, -0.1) is 0 Å². The normalized spacial score (nSPS) is 8.60. The van der Waals surface area contributed by atoms with Crippen molar-refractivity contribution in [2.45, 2.75) is 20.8 Å². The number of hydrogen-bond donors (Lipinski definition) is 1. The number of rotatable bonds is 1. The van der Waals surface area contributed by atoms with Crippen LogP contribution in [0.4, 0.5) is 10.5 Å². The van der Waals surface area contributed by atoms with Crippen LogP contribution in [-0.4, -0.2) is 20.1 Å². The fourth-order valence-corrected chi connectivity index (χ4v) is 1.12. The highest BCUT2D eigenvalue weighted by Gasteiger charge is 2.07. The van der Waals surface area contributed by atoms with Crippen molar-refractivity contribution in [1.82, 2.24) is 5.32 Å². The average molecular weight is 208 g/mol. The summed E-state index contributed by atoms with van der Waals surface area (Å²) in [5.41, 5.74) is 2.05. The molecule has 0 saturated heterocycles. The van der Waals surface area contributed by atoms with Gasteiger partial charge in [-0.05, 0) is 24.6 Å². The molecule has 0 atom stereocenters. The molecule has 0 aliphatic carbocycles. The predicted molar refractivity (Wildman–Crippen MR) is 65.4 cm³/mol. The molecule has 0 heterocycles. The second-order valence-corrected chi connectivity index (χ2v) is 2.95. The smallest absolute Gasteiger partial charge is 0.321 e. The first-order valence-electron chi connectivity index (χ1n) is 5.17. The molecular formula is C12H20N2O. The number of aryl methyl sites for hydroxylation is 1. The van der Waals surface area contributed by atoms with Gasteiger partial charge in [0.2, 0.25) is 0 Å². The molecule has 2 amide bonds. The van der Waals surface area contributed by atoms with Gasteiger partial charge in [0.1, 0.15) is 0 Å². The number of amides is 2. The zero-order valence-corrected chi connectivity index (χ0v) is 10.2. The maximum Gasteiger partial charge on any atom is 0.321 e. The fraction of sp³-hybridized carbons (Fsp3) is 0.417. The van der Waals surface area contributed by atoms with Crippen molar-refractivity contribution in [3.05, 3.63) is 29.8 Å². The number of urea groups is 1. The SMILES string of the molecule is CC.CNC(=O)N(C)c1cccc(C)c1. The Balaban J connectivity index is 0.000000921. The standard InChI is InChI=1S/C10H14N2O.C2H6/c1-8-5-4-6-9(7-8)12(3)10(13)11-2;1-2/h4-7H,1-3H3,(H,11,13);1-2H3. The molecular weight excluding hydrogens is 188 g/mol. The lowest BCUT2D eigenvalue weighted by Crippen LogP contribution is -2.34. The third-order valence-electron chi connectivity index (χ3n) is 1.91.